The van der Waals surface area contributed by atoms with Crippen LogP contribution in [0.15, 0.2) is 0 Å². The standard InChI is InChI=1S/C2H6N3.3CH3.H2N.3Ti/c1-2(3,4)5;;;;;;;/h3-5H,1H3;3*1H3;1H2;;;/q-3;4*-1;2*+3;+4. The van der Waals surface area contributed by atoms with E-state index in [0.29, 0.717) is 0 Å². The zero-order chi connectivity index (χ0) is 4.50. The van der Waals surface area contributed by atoms with Crippen LogP contribution in [0.1, 0.15) is 6.92 Å². The molecule has 0 aliphatic heterocycles. The number of rotatable bonds is 0. The molecule has 0 atom stereocenters. The van der Waals surface area contributed by atoms with Crippen molar-refractivity contribution in [1.82, 2.24) is 0 Å². The monoisotopic (exact) mass is 277 g/mol. The van der Waals surface area contributed by atoms with Crippen molar-refractivity contribution >= 4 is 0 Å². The third kappa shape index (κ3) is 368. The molecule has 5 N–H and O–H groups in total. The molecular weight excluding hydrogens is 260 g/mol. The van der Waals surface area contributed by atoms with Gasteiger partial charge in [-0.2, -0.15) is 0 Å². The molecule has 0 spiro atoms. The van der Waals surface area contributed by atoms with Crippen LogP contribution in [0.25, 0.3) is 23.4 Å². The molecule has 0 heterocycles. The summed E-state index contributed by atoms with van der Waals surface area (Å²) in [5.74, 6) is -1.75. The van der Waals surface area contributed by atoms with Crippen LogP contribution in [0.5, 0.6) is 0 Å². The molecule has 12 heavy (non-hydrogen) atoms. The molecule has 0 rings (SSSR count). The quantitative estimate of drug-likeness (QED) is 0.473. The minimum atomic E-state index is -1.75. The van der Waals surface area contributed by atoms with Gasteiger partial charge < -0.3 is 51.4 Å². The second-order valence-electron chi connectivity index (χ2n) is 1.12. The van der Waals surface area contributed by atoms with Crippen molar-refractivity contribution in [3.8, 4) is 0 Å². The Morgan fingerprint density at radius 2 is 0.833 bits per heavy atom. The molecule has 66 valence electrons. The van der Waals surface area contributed by atoms with Crippen molar-refractivity contribution in [1.29, 1.82) is 0 Å². The van der Waals surface area contributed by atoms with Crippen molar-refractivity contribution in [2.75, 3.05) is 0 Å². The molecule has 4 nitrogen and oxygen atoms in total. The van der Waals surface area contributed by atoms with E-state index in [9.17, 15) is 0 Å². The van der Waals surface area contributed by atoms with Gasteiger partial charge in [0.05, 0.1) is 0 Å². The van der Waals surface area contributed by atoms with E-state index in [4.69, 9.17) is 17.2 Å². The molecular formula is C5H17N4Ti3+3. The van der Waals surface area contributed by atoms with Crippen molar-refractivity contribution in [3.63, 3.8) is 0 Å². The van der Waals surface area contributed by atoms with E-state index < -0.39 is 5.79 Å². The number of nitrogens with two attached hydrogens (primary N) is 1. The summed E-state index contributed by atoms with van der Waals surface area (Å²) < 4.78 is 0. The Bertz CT molecular complexity index is 34.2. The van der Waals surface area contributed by atoms with Gasteiger partial charge in [0.15, 0.2) is 0 Å². The first-order valence-corrected chi connectivity index (χ1v) is 1.25. The van der Waals surface area contributed by atoms with E-state index in [1.165, 1.54) is 6.92 Å². The van der Waals surface area contributed by atoms with Gasteiger partial charge in [-0.05, 0) is 0 Å². The summed E-state index contributed by atoms with van der Waals surface area (Å²) >= 11 is 0. The van der Waals surface area contributed by atoms with E-state index in [2.05, 4.69) is 0 Å². The van der Waals surface area contributed by atoms with Crippen LogP contribution in [-0.2, 0) is 65.2 Å². The summed E-state index contributed by atoms with van der Waals surface area (Å²) in [6.45, 7) is 1.19. The van der Waals surface area contributed by atoms with Gasteiger partial charge in [-0.25, -0.2) is 0 Å². The molecule has 0 aromatic carbocycles. The van der Waals surface area contributed by atoms with Crippen LogP contribution in [0, 0.1) is 22.3 Å². The zero-order valence-corrected chi connectivity index (χ0v) is 12.8. The molecule has 0 bridgehead atoms. The molecule has 2 radical (unpaired) electrons. The Morgan fingerprint density at radius 3 is 0.833 bits per heavy atom. The van der Waals surface area contributed by atoms with Crippen molar-refractivity contribution < 1.29 is 65.2 Å². The van der Waals surface area contributed by atoms with Crippen LogP contribution in [0.4, 0.5) is 0 Å². The van der Waals surface area contributed by atoms with Crippen LogP contribution >= 0.6 is 0 Å². The Kier molecular flexibility index (Phi) is 161. The second-order valence-corrected chi connectivity index (χ2v) is 1.12. The average Bonchev–Trinajstić information content (AvgIpc) is 0.722. The Morgan fingerprint density at radius 1 is 0.833 bits per heavy atom. The van der Waals surface area contributed by atoms with Crippen LogP contribution in [0.2, 0.25) is 0 Å². The molecule has 0 fully saturated rings. The van der Waals surface area contributed by atoms with Crippen molar-refractivity contribution in [2.45, 2.75) is 12.7 Å². The van der Waals surface area contributed by atoms with Gasteiger partial charge in [0.25, 0.3) is 0 Å². The molecule has 7 heteroatoms. The maximum atomic E-state index is 6.27. The minimum Gasteiger partial charge on any atom is -0.709 e. The van der Waals surface area contributed by atoms with Crippen LogP contribution in [-0.4, -0.2) is 5.79 Å². The molecule has 0 saturated heterocycles. The van der Waals surface area contributed by atoms with E-state index in [0.717, 1.165) is 0 Å². The molecule has 0 unspecified atom stereocenters. The first-order valence-electron chi connectivity index (χ1n) is 1.25. The minimum absolute atomic E-state index is 0. The smallest absolute Gasteiger partial charge is 0.709 e. The van der Waals surface area contributed by atoms with Crippen molar-refractivity contribution in [3.05, 3.63) is 45.6 Å². The first-order chi connectivity index (χ1) is 2.00. The Hall–Kier alpha value is 1.98. The largest absolute Gasteiger partial charge is 4.00 e. The van der Waals surface area contributed by atoms with Gasteiger partial charge in [0, 0.05) is 0 Å². The maximum Gasteiger partial charge on any atom is 4.00 e. The Balaban J connectivity index is -0.00000000381. The molecule has 0 amide bonds. The van der Waals surface area contributed by atoms with Gasteiger partial charge in [-0.3, -0.25) is 0 Å². The molecule has 0 saturated carbocycles. The fraction of sp³-hybridized carbons (Fsp3) is 0.400. The zero-order valence-electron chi connectivity index (χ0n) is 8.08. The predicted molar refractivity (Wildman–Crippen MR) is 45.9 cm³/mol. The molecule has 0 aliphatic carbocycles. The van der Waals surface area contributed by atoms with Gasteiger partial charge in [0.2, 0.25) is 0 Å². The normalized spacial score (nSPS) is 5.00. The van der Waals surface area contributed by atoms with E-state index in [-0.39, 0.29) is 93.6 Å². The summed E-state index contributed by atoms with van der Waals surface area (Å²) in [6.07, 6.45) is 0. The molecule has 0 aliphatic rings. The number of hydrogen-bond acceptors (Lipinski definition) is 0. The van der Waals surface area contributed by atoms with Crippen LogP contribution < -0.4 is 0 Å². The average molecular weight is 277 g/mol. The van der Waals surface area contributed by atoms with E-state index in [1.807, 2.05) is 0 Å². The molecule has 0 aromatic heterocycles. The molecule has 0 aromatic rings. The summed E-state index contributed by atoms with van der Waals surface area (Å²) in [6, 6.07) is 0. The van der Waals surface area contributed by atoms with Gasteiger partial charge in [-0.15, -0.1) is 6.92 Å². The second kappa shape index (κ2) is 29.3. The summed E-state index contributed by atoms with van der Waals surface area (Å²) in [7, 11) is 0. The predicted octanol–water partition coefficient (Wildman–Crippen LogP) is 3.88. The topological polar surface area (TPSA) is 105 Å². The maximum absolute atomic E-state index is 6.27. The van der Waals surface area contributed by atoms with Crippen LogP contribution in [0.3, 0.4) is 0 Å². The van der Waals surface area contributed by atoms with Gasteiger partial charge in [-0.1, -0.05) is 0 Å². The fourth-order valence-electron chi connectivity index (χ4n) is 0. The summed E-state index contributed by atoms with van der Waals surface area (Å²) in [5.41, 5.74) is 18.8. The van der Waals surface area contributed by atoms with Gasteiger partial charge >= 0.3 is 65.2 Å². The first kappa shape index (κ1) is 65.8. The number of nitrogens with one attached hydrogen (secondary N) is 3. The summed E-state index contributed by atoms with van der Waals surface area (Å²) in [5, 5.41) is 0. The SMILES string of the molecule is CC([NH-])([NH-])[NH-].[CH3-].[CH3-].[CH3-].[NH2-].[Ti+3].[Ti+3].[Ti+4]. The Labute approximate surface area is 122 Å². The summed E-state index contributed by atoms with van der Waals surface area (Å²) in [4.78, 5) is 0. The number of hydrogen-bond donors (Lipinski definition) is 0. The third-order valence-corrected chi connectivity index (χ3v) is 0. The fourth-order valence-corrected chi connectivity index (χ4v) is 0. The van der Waals surface area contributed by atoms with Gasteiger partial charge in [0.1, 0.15) is 0 Å². The third-order valence-electron chi connectivity index (χ3n) is 0. The van der Waals surface area contributed by atoms with Crippen molar-refractivity contribution in [2.24, 2.45) is 0 Å². The van der Waals surface area contributed by atoms with E-state index >= 15 is 0 Å². The van der Waals surface area contributed by atoms with E-state index in [1.54, 1.807) is 0 Å².